The van der Waals surface area contributed by atoms with Crippen molar-refractivity contribution in [1.82, 2.24) is 5.32 Å². The van der Waals surface area contributed by atoms with Crippen LogP contribution in [-0.4, -0.2) is 31.6 Å². The SMILES string of the molecule is CCOc1ccc(N2CCCN=C2NC(=O)c2ccc(C)cc2)cc1. The Hall–Kier alpha value is -2.82. The quantitative estimate of drug-likeness (QED) is 0.930. The van der Waals surface area contributed by atoms with Crippen molar-refractivity contribution in [3.63, 3.8) is 0 Å². The number of benzene rings is 2. The number of nitrogens with one attached hydrogen (secondary N) is 1. The van der Waals surface area contributed by atoms with Crippen molar-refractivity contribution in [2.24, 2.45) is 4.99 Å². The lowest BCUT2D eigenvalue weighted by Crippen LogP contribution is -2.47. The predicted molar refractivity (Wildman–Crippen MR) is 101 cm³/mol. The molecular weight excluding hydrogens is 314 g/mol. The highest BCUT2D eigenvalue weighted by Crippen LogP contribution is 2.21. The van der Waals surface area contributed by atoms with Gasteiger partial charge in [-0.05, 0) is 56.7 Å². The van der Waals surface area contributed by atoms with E-state index in [4.69, 9.17) is 4.74 Å². The topological polar surface area (TPSA) is 53.9 Å². The largest absolute Gasteiger partial charge is 0.494 e. The van der Waals surface area contributed by atoms with Gasteiger partial charge in [-0.3, -0.25) is 15.1 Å². The van der Waals surface area contributed by atoms with Crippen molar-refractivity contribution in [2.45, 2.75) is 20.3 Å². The Bertz CT molecular complexity index is 752. The van der Waals surface area contributed by atoms with Crippen LogP contribution in [0.25, 0.3) is 0 Å². The third-order valence-corrected chi connectivity index (χ3v) is 4.06. The first kappa shape index (κ1) is 17.0. The van der Waals surface area contributed by atoms with Crippen LogP contribution >= 0.6 is 0 Å². The standard InChI is InChI=1S/C20H23N3O2/c1-3-25-18-11-9-17(10-12-18)23-14-4-13-21-20(23)22-19(24)16-7-5-15(2)6-8-16/h5-12H,3-4,13-14H2,1-2H3,(H,21,22,24). The third kappa shape index (κ3) is 4.18. The molecule has 1 aliphatic heterocycles. The minimum Gasteiger partial charge on any atom is -0.494 e. The molecule has 0 bridgehead atoms. The first-order valence-corrected chi connectivity index (χ1v) is 8.60. The maximum absolute atomic E-state index is 12.5. The zero-order valence-electron chi connectivity index (χ0n) is 14.7. The molecule has 130 valence electrons. The molecule has 1 aliphatic rings. The number of amides is 1. The Balaban J connectivity index is 1.75. The van der Waals surface area contributed by atoms with Gasteiger partial charge in [0.2, 0.25) is 5.96 Å². The molecule has 0 unspecified atom stereocenters. The Morgan fingerprint density at radius 1 is 1.16 bits per heavy atom. The average Bonchev–Trinajstić information content (AvgIpc) is 2.64. The van der Waals surface area contributed by atoms with E-state index < -0.39 is 0 Å². The Kier molecular flexibility index (Phi) is 5.33. The summed E-state index contributed by atoms with van der Waals surface area (Å²) in [6.07, 6.45) is 0.955. The summed E-state index contributed by atoms with van der Waals surface area (Å²) >= 11 is 0. The van der Waals surface area contributed by atoms with Gasteiger partial charge in [-0.2, -0.15) is 0 Å². The van der Waals surface area contributed by atoms with Crippen LogP contribution in [-0.2, 0) is 0 Å². The molecule has 0 atom stereocenters. The molecule has 0 aromatic heterocycles. The van der Waals surface area contributed by atoms with Crippen molar-refractivity contribution < 1.29 is 9.53 Å². The number of carbonyl (C=O) groups excluding carboxylic acids is 1. The first-order valence-electron chi connectivity index (χ1n) is 8.60. The second-order valence-corrected chi connectivity index (χ2v) is 5.96. The average molecular weight is 337 g/mol. The molecule has 1 heterocycles. The molecule has 0 radical (unpaired) electrons. The van der Waals surface area contributed by atoms with Crippen molar-refractivity contribution in [2.75, 3.05) is 24.6 Å². The van der Waals surface area contributed by atoms with Crippen LogP contribution in [0.15, 0.2) is 53.5 Å². The van der Waals surface area contributed by atoms with E-state index >= 15 is 0 Å². The van der Waals surface area contributed by atoms with Gasteiger partial charge < -0.3 is 9.64 Å². The smallest absolute Gasteiger partial charge is 0.257 e. The number of aliphatic imine (C=N–C) groups is 1. The van der Waals surface area contributed by atoms with E-state index in [0.29, 0.717) is 18.1 Å². The summed E-state index contributed by atoms with van der Waals surface area (Å²) < 4.78 is 5.49. The molecular formula is C20H23N3O2. The van der Waals surface area contributed by atoms with Crippen molar-refractivity contribution in [1.29, 1.82) is 0 Å². The summed E-state index contributed by atoms with van der Waals surface area (Å²) in [6, 6.07) is 15.4. The van der Waals surface area contributed by atoms with Crippen LogP contribution < -0.4 is 15.0 Å². The summed E-state index contributed by atoms with van der Waals surface area (Å²) in [7, 11) is 0. The molecule has 5 heteroatoms. The van der Waals surface area contributed by atoms with Crippen LogP contribution in [0.2, 0.25) is 0 Å². The summed E-state index contributed by atoms with van der Waals surface area (Å²) in [4.78, 5) is 19.0. The van der Waals surface area contributed by atoms with Gasteiger partial charge in [0, 0.05) is 24.3 Å². The number of aryl methyl sites for hydroxylation is 1. The normalized spacial score (nSPS) is 14.0. The zero-order chi connectivity index (χ0) is 17.6. The molecule has 3 rings (SSSR count). The second-order valence-electron chi connectivity index (χ2n) is 5.96. The Labute approximate surface area is 148 Å². The Morgan fingerprint density at radius 2 is 1.88 bits per heavy atom. The second kappa shape index (κ2) is 7.83. The number of rotatable bonds is 4. The molecule has 0 spiro atoms. The highest BCUT2D eigenvalue weighted by Gasteiger charge is 2.20. The van der Waals surface area contributed by atoms with Crippen molar-refractivity contribution in [3.8, 4) is 5.75 Å². The lowest BCUT2D eigenvalue weighted by atomic mass is 10.1. The van der Waals surface area contributed by atoms with E-state index in [1.807, 2.05) is 67.3 Å². The van der Waals surface area contributed by atoms with Gasteiger partial charge in [-0.25, -0.2) is 0 Å². The van der Waals surface area contributed by atoms with Gasteiger partial charge in [0.25, 0.3) is 5.91 Å². The van der Waals surface area contributed by atoms with Gasteiger partial charge in [-0.15, -0.1) is 0 Å². The van der Waals surface area contributed by atoms with Gasteiger partial charge in [0.05, 0.1) is 6.61 Å². The molecule has 2 aromatic carbocycles. The minimum absolute atomic E-state index is 0.142. The molecule has 0 fully saturated rings. The van der Waals surface area contributed by atoms with Gasteiger partial charge in [0.1, 0.15) is 5.75 Å². The third-order valence-electron chi connectivity index (χ3n) is 4.06. The number of carbonyl (C=O) groups is 1. The molecule has 2 aromatic rings. The molecule has 1 amide bonds. The number of guanidine groups is 1. The summed E-state index contributed by atoms with van der Waals surface area (Å²) in [6.45, 7) is 6.14. The molecule has 0 saturated heterocycles. The van der Waals surface area contributed by atoms with Gasteiger partial charge in [0.15, 0.2) is 0 Å². The molecule has 0 saturated carbocycles. The van der Waals surface area contributed by atoms with Crippen LogP contribution in [0, 0.1) is 6.92 Å². The zero-order valence-corrected chi connectivity index (χ0v) is 14.7. The van der Waals surface area contributed by atoms with E-state index in [9.17, 15) is 4.79 Å². The fourth-order valence-electron chi connectivity index (χ4n) is 2.73. The fourth-order valence-corrected chi connectivity index (χ4v) is 2.73. The van der Waals surface area contributed by atoms with E-state index in [-0.39, 0.29) is 5.91 Å². The van der Waals surface area contributed by atoms with Crippen LogP contribution in [0.1, 0.15) is 29.3 Å². The monoisotopic (exact) mass is 337 g/mol. The van der Waals surface area contributed by atoms with Crippen LogP contribution in [0.5, 0.6) is 5.75 Å². The highest BCUT2D eigenvalue weighted by molar-refractivity contribution is 6.11. The maximum Gasteiger partial charge on any atom is 0.257 e. The molecule has 0 aliphatic carbocycles. The number of ether oxygens (including phenoxy) is 1. The van der Waals surface area contributed by atoms with Crippen LogP contribution in [0.4, 0.5) is 5.69 Å². The van der Waals surface area contributed by atoms with Gasteiger partial charge in [-0.1, -0.05) is 17.7 Å². The summed E-state index contributed by atoms with van der Waals surface area (Å²) in [5.74, 6) is 1.29. The van der Waals surface area contributed by atoms with Gasteiger partial charge >= 0.3 is 0 Å². The van der Waals surface area contributed by atoms with E-state index in [0.717, 1.165) is 36.5 Å². The number of anilines is 1. The number of nitrogens with zero attached hydrogens (tertiary/aromatic N) is 2. The van der Waals surface area contributed by atoms with Crippen LogP contribution in [0.3, 0.4) is 0 Å². The van der Waals surface area contributed by atoms with E-state index in [2.05, 4.69) is 10.3 Å². The minimum atomic E-state index is -0.142. The highest BCUT2D eigenvalue weighted by atomic mass is 16.5. The lowest BCUT2D eigenvalue weighted by Gasteiger charge is -2.29. The van der Waals surface area contributed by atoms with Crippen molar-refractivity contribution in [3.05, 3.63) is 59.7 Å². The van der Waals surface area contributed by atoms with Crippen molar-refractivity contribution >= 4 is 17.6 Å². The molecule has 5 nitrogen and oxygen atoms in total. The maximum atomic E-state index is 12.5. The number of hydrogen-bond acceptors (Lipinski definition) is 4. The lowest BCUT2D eigenvalue weighted by molar-refractivity contribution is 0.0976. The predicted octanol–water partition coefficient (Wildman–Crippen LogP) is 3.39. The fraction of sp³-hybridized carbons (Fsp3) is 0.300. The summed E-state index contributed by atoms with van der Waals surface area (Å²) in [5.41, 5.74) is 2.75. The summed E-state index contributed by atoms with van der Waals surface area (Å²) in [5, 5.41) is 2.95. The number of hydrogen-bond donors (Lipinski definition) is 1. The van der Waals surface area contributed by atoms with E-state index in [1.165, 1.54) is 0 Å². The molecule has 25 heavy (non-hydrogen) atoms. The first-order chi connectivity index (χ1) is 12.2. The van der Waals surface area contributed by atoms with E-state index in [1.54, 1.807) is 0 Å². The molecule has 1 N–H and O–H groups in total. The Morgan fingerprint density at radius 3 is 2.56 bits per heavy atom.